The summed E-state index contributed by atoms with van der Waals surface area (Å²) >= 11 is 0. The number of aliphatic hydroxyl groups is 2. The van der Waals surface area contributed by atoms with E-state index in [1.807, 2.05) is 6.92 Å². The molecule has 2 rings (SSSR count). The van der Waals surface area contributed by atoms with Crippen LogP contribution in [-0.2, 0) is 0 Å². The number of fused-ring (bicyclic) bond motifs is 1. The Balaban J connectivity index is 2.27. The zero-order valence-electron chi connectivity index (χ0n) is 15.3. The van der Waals surface area contributed by atoms with Crippen molar-refractivity contribution in [2.24, 2.45) is 22.7 Å². The number of allylic oxidation sites excluding steroid dienone is 1. The molecular weight excluding hydrogens is 272 g/mol. The molecule has 0 amide bonds. The maximum Gasteiger partial charge on any atom is 0.0644 e. The second-order valence-electron chi connectivity index (χ2n) is 9.02. The normalized spacial score (nSPS) is 37.1. The van der Waals surface area contributed by atoms with Gasteiger partial charge in [-0.05, 0) is 73.7 Å². The summed E-state index contributed by atoms with van der Waals surface area (Å²) in [5.74, 6) is 1.12. The zero-order chi connectivity index (χ0) is 16.6. The van der Waals surface area contributed by atoms with Crippen LogP contribution in [0.1, 0.15) is 79.6 Å². The molecule has 0 bridgehead atoms. The highest BCUT2D eigenvalue weighted by Crippen LogP contribution is 2.60. The van der Waals surface area contributed by atoms with Crippen LogP contribution in [0.15, 0.2) is 11.6 Å². The fourth-order valence-electron chi connectivity index (χ4n) is 5.33. The maximum atomic E-state index is 10.4. The summed E-state index contributed by atoms with van der Waals surface area (Å²) < 4.78 is 0. The van der Waals surface area contributed by atoms with Gasteiger partial charge in [0.2, 0.25) is 0 Å². The predicted octanol–water partition coefficient (Wildman–Crippen LogP) is 4.70. The van der Waals surface area contributed by atoms with Crippen LogP contribution < -0.4 is 0 Å². The van der Waals surface area contributed by atoms with Crippen molar-refractivity contribution < 1.29 is 10.2 Å². The molecular formula is C20H36O2. The highest BCUT2D eigenvalue weighted by atomic mass is 16.3. The zero-order valence-corrected chi connectivity index (χ0v) is 15.3. The summed E-state index contributed by atoms with van der Waals surface area (Å²) in [5.41, 5.74) is 1.31. The number of rotatable bonds is 5. The highest BCUT2D eigenvalue weighted by Gasteiger charge is 2.52. The SMILES string of the molecule is CCC(C)(O)CC[C@H]1C(CO)=CC[C@H]2C(C)(C)CCC[C@]12C. The Hall–Kier alpha value is -0.340. The Labute approximate surface area is 137 Å². The Kier molecular flexibility index (Phi) is 5.14. The fourth-order valence-corrected chi connectivity index (χ4v) is 5.33. The second-order valence-corrected chi connectivity index (χ2v) is 9.02. The van der Waals surface area contributed by atoms with Crippen LogP contribution in [0.3, 0.4) is 0 Å². The van der Waals surface area contributed by atoms with E-state index in [0.29, 0.717) is 17.3 Å². The molecule has 2 aliphatic carbocycles. The first-order chi connectivity index (χ1) is 10.2. The van der Waals surface area contributed by atoms with Gasteiger partial charge in [-0.3, -0.25) is 0 Å². The van der Waals surface area contributed by atoms with Crippen LogP contribution in [0.5, 0.6) is 0 Å². The van der Waals surface area contributed by atoms with Crippen LogP contribution in [0.2, 0.25) is 0 Å². The van der Waals surface area contributed by atoms with E-state index in [1.54, 1.807) is 0 Å². The molecule has 0 aromatic rings. The first-order valence-corrected chi connectivity index (χ1v) is 9.18. The molecule has 4 atom stereocenters. The minimum absolute atomic E-state index is 0.182. The van der Waals surface area contributed by atoms with Crippen LogP contribution in [-0.4, -0.2) is 22.4 Å². The van der Waals surface area contributed by atoms with E-state index in [0.717, 1.165) is 25.7 Å². The number of aliphatic hydroxyl groups excluding tert-OH is 1. The smallest absolute Gasteiger partial charge is 0.0644 e. The third-order valence-electron chi connectivity index (χ3n) is 7.05. The van der Waals surface area contributed by atoms with Crippen LogP contribution in [0.25, 0.3) is 0 Å². The van der Waals surface area contributed by atoms with Gasteiger partial charge in [-0.1, -0.05) is 40.2 Å². The summed E-state index contributed by atoms with van der Waals surface area (Å²) in [6.45, 7) is 11.5. The van der Waals surface area contributed by atoms with Gasteiger partial charge >= 0.3 is 0 Å². The summed E-state index contributed by atoms with van der Waals surface area (Å²) in [5, 5.41) is 20.3. The van der Waals surface area contributed by atoms with Gasteiger partial charge in [-0.15, -0.1) is 0 Å². The molecule has 0 spiro atoms. The topological polar surface area (TPSA) is 40.5 Å². The van der Waals surface area contributed by atoms with Gasteiger partial charge in [0.25, 0.3) is 0 Å². The average Bonchev–Trinajstić information content (AvgIpc) is 2.44. The van der Waals surface area contributed by atoms with E-state index in [2.05, 4.69) is 33.8 Å². The minimum atomic E-state index is -0.575. The summed E-state index contributed by atoms with van der Waals surface area (Å²) in [4.78, 5) is 0. The van der Waals surface area contributed by atoms with E-state index < -0.39 is 5.60 Å². The van der Waals surface area contributed by atoms with Crippen molar-refractivity contribution in [1.29, 1.82) is 0 Å². The van der Waals surface area contributed by atoms with Gasteiger partial charge in [-0.2, -0.15) is 0 Å². The molecule has 1 fully saturated rings. The van der Waals surface area contributed by atoms with Crippen molar-refractivity contribution in [2.75, 3.05) is 6.61 Å². The Morgan fingerprint density at radius 3 is 2.55 bits per heavy atom. The Morgan fingerprint density at radius 2 is 1.95 bits per heavy atom. The van der Waals surface area contributed by atoms with Gasteiger partial charge < -0.3 is 10.2 Å². The number of hydrogen-bond donors (Lipinski definition) is 2. The highest BCUT2D eigenvalue weighted by molar-refractivity contribution is 5.20. The first kappa shape index (κ1) is 18.0. The molecule has 2 aliphatic rings. The Morgan fingerprint density at radius 1 is 1.27 bits per heavy atom. The lowest BCUT2D eigenvalue weighted by Crippen LogP contribution is -2.49. The summed E-state index contributed by atoms with van der Waals surface area (Å²) in [7, 11) is 0. The molecule has 22 heavy (non-hydrogen) atoms. The quantitative estimate of drug-likeness (QED) is 0.723. The molecule has 0 heterocycles. The van der Waals surface area contributed by atoms with Crippen molar-refractivity contribution in [3.63, 3.8) is 0 Å². The standard InChI is InChI=1S/C20H36O2/c1-6-19(4,22)13-10-16-15(14-21)8-9-17-18(2,3)11-7-12-20(16,17)5/h8,16-17,21-22H,6-7,9-14H2,1-5H3/t16-,17-,19?,20+/m0/s1. The minimum Gasteiger partial charge on any atom is -0.392 e. The molecule has 0 aromatic carbocycles. The lowest BCUT2D eigenvalue weighted by Gasteiger charge is -2.57. The molecule has 0 radical (unpaired) electrons. The number of hydrogen-bond acceptors (Lipinski definition) is 2. The maximum absolute atomic E-state index is 10.4. The monoisotopic (exact) mass is 308 g/mol. The molecule has 0 aliphatic heterocycles. The van der Waals surface area contributed by atoms with Gasteiger partial charge in [0, 0.05) is 0 Å². The molecule has 1 unspecified atom stereocenters. The third kappa shape index (κ3) is 3.28. The van der Waals surface area contributed by atoms with Crippen LogP contribution >= 0.6 is 0 Å². The lowest BCUT2D eigenvalue weighted by atomic mass is 9.48. The predicted molar refractivity (Wildman–Crippen MR) is 92.7 cm³/mol. The molecule has 128 valence electrons. The molecule has 2 nitrogen and oxygen atoms in total. The van der Waals surface area contributed by atoms with Gasteiger partial charge in [-0.25, -0.2) is 0 Å². The molecule has 0 aromatic heterocycles. The van der Waals surface area contributed by atoms with Gasteiger partial charge in [0.05, 0.1) is 12.2 Å². The Bertz CT molecular complexity index is 421. The van der Waals surface area contributed by atoms with Crippen LogP contribution in [0.4, 0.5) is 0 Å². The van der Waals surface area contributed by atoms with Gasteiger partial charge in [0.1, 0.15) is 0 Å². The van der Waals surface area contributed by atoms with E-state index in [4.69, 9.17) is 0 Å². The molecule has 1 saturated carbocycles. The van der Waals surface area contributed by atoms with E-state index in [1.165, 1.54) is 24.8 Å². The van der Waals surface area contributed by atoms with Crippen molar-refractivity contribution in [1.82, 2.24) is 0 Å². The first-order valence-electron chi connectivity index (χ1n) is 9.18. The van der Waals surface area contributed by atoms with E-state index >= 15 is 0 Å². The van der Waals surface area contributed by atoms with Crippen LogP contribution in [0, 0.1) is 22.7 Å². The molecule has 2 heteroatoms. The van der Waals surface area contributed by atoms with Crippen molar-refractivity contribution in [3.05, 3.63) is 11.6 Å². The van der Waals surface area contributed by atoms with Crippen molar-refractivity contribution in [3.8, 4) is 0 Å². The fraction of sp³-hybridized carbons (Fsp3) is 0.900. The molecule has 2 N–H and O–H groups in total. The largest absolute Gasteiger partial charge is 0.392 e. The van der Waals surface area contributed by atoms with Crippen molar-refractivity contribution in [2.45, 2.75) is 85.2 Å². The van der Waals surface area contributed by atoms with Gasteiger partial charge in [0.15, 0.2) is 0 Å². The third-order valence-corrected chi connectivity index (χ3v) is 7.05. The van der Waals surface area contributed by atoms with E-state index in [9.17, 15) is 10.2 Å². The molecule has 0 saturated heterocycles. The lowest BCUT2D eigenvalue weighted by molar-refractivity contribution is -0.0502. The average molecular weight is 309 g/mol. The summed E-state index contributed by atoms with van der Waals surface area (Å²) in [6.07, 6.45) is 9.91. The summed E-state index contributed by atoms with van der Waals surface area (Å²) in [6, 6.07) is 0. The second kappa shape index (κ2) is 6.28. The van der Waals surface area contributed by atoms with E-state index in [-0.39, 0.29) is 12.0 Å². The van der Waals surface area contributed by atoms with Crippen molar-refractivity contribution >= 4 is 0 Å².